The molecule has 1 aliphatic rings. The van der Waals surface area contributed by atoms with Crippen molar-refractivity contribution >= 4 is 16.7 Å². The first-order valence-corrected chi connectivity index (χ1v) is 12.7. The van der Waals surface area contributed by atoms with Crippen LogP contribution in [0.3, 0.4) is 0 Å². The molecule has 0 aliphatic heterocycles. The highest BCUT2D eigenvalue weighted by molar-refractivity contribution is 5.89. The van der Waals surface area contributed by atoms with E-state index < -0.39 is 0 Å². The highest BCUT2D eigenvalue weighted by atomic mass is 16.6. The fraction of sp³-hybridized carbons (Fsp3) is 0.433. The van der Waals surface area contributed by atoms with Crippen molar-refractivity contribution in [3.8, 4) is 0 Å². The molecule has 1 fully saturated rings. The van der Waals surface area contributed by atoms with E-state index in [1.807, 2.05) is 12.1 Å². The van der Waals surface area contributed by atoms with Gasteiger partial charge in [0.25, 0.3) is 0 Å². The number of fused-ring (bicyclic) bond motifs is 1. The predicted octanol–water partition coefficient (Wildman–Crippen LogP) is 6.04. The number of rotatable bonds is 11. The average Bonchev–Trinajstić information content (AvgIpc) is 2.90. The number of benzene rings is 3. The van der Waals surface area contributed by atoms with Crippen LogP contribution in [0.1, 0.15) is 66.1 Å². The zero-order chi connectivity index (χ0) is 24.5. The van der Waals surface area contributed by atoms with Gasteiger partial charge in [-0.3, -0.25) is 0 Å². The molecular weight excluding hydrogens is 438 g/mol. The largest absolute Gasteiger partial charge is 0.460 e. The van der Waals surface area contributed by atoms with E-state index in [0.29, 0.717) is 43.4 Å². The van der Waals surface area contributed by atoms with Crippen LogP contribution >= 0.6 is 0 Å². The summed E-state index contributed by atoms with van der Waals surface area (Å²) in [4.78, 5) is 12.3. The van der Waals surface area contributed by atoms with Crippen LogP contribution in [0.25, 0.3) is 10.8 Å². The molecule has 35 heavy (non-hydrogen) atoms. The first-order valence-electron chi connectivity index (χ1n) is 12.7. The maximum Gasteiger partial charge on any atom is 0.338 e. The molecule has 1 aliphatic carbocycles. The van der Waals surface area contributed by atoms with Crippen molar-refractivity contribution in [1.82, 2.24) is 5.32 Å². The Bertz CT molecular complexity index is 1080. The second-order valence-electron chi connectivity index (χ2n) is 9.38. The van der Waals surface area contributed by atoms with Gasteiger partial charge in [0.1, 0.15) is 6.61 Å². The van der Waals surface area contributed by atoms with Crippen molar-refractivity contribution in [3.63, 3.8) is 0 Å². The summed E-state index contributed by atoms with van der Waals surface area (Å²) in [6.45, 7) is 3.93. The van der Waals surface area contributed by atoms with Gasteiger partial charge < -0.3 is 19.5 Å². The molecular formula is C30H37NO4. The lowest BCUT2D eigenvalue weighted by Crippen LogP contribution is -2.35. The van der Waals surface area contributed by atoms with E-state index in [1.54, 1.807) is 7.11 Å². The zero-order valence-electron chi connectivity index (χ0n) is 20.9. The van der Waals surface area contributed by atoms with E-state index in [1.165, 1.54) is 41.2 Å². The molecule has 4 rings (SSSR count). The van der Waals surface area contributed by atoms with Gasteiger partial charge >= 0.3 is 5.97 Å². The van der Waals surface area contributed by atoms with Crippen molar-refractivity contribution < 1.29 is 19.0 Å². The van der Waals surface area contributed by atoms with Gasteiger partial charge in [0, 0.05) is 19.2 Å². The van der Waals surface area contributed by atoms with Gasteiger partial charge in [-0.2, -0.15) is 0 Å². The summed E-state index contributed by atoms with van der Waals surface area (Å²) in [5, 5.41) is 6.52. The third kappa shape index (κ3) is 6.91. The lowest BCUT2D eigenvalue weighted by Gasteiger charge is -2.32. The highest BCUT2D eigenvalue weighted by Gasteiger charge is 2.25. The summed E-state index contributed by atoms with van der Waals surface area (Å²) >= 11 is 0. The lowest BCUT2D eigenvalue weighted by molar-refractivity contribution is 0.0213. The number of carbonyl (C=O) groups is 1. The van der Waals surface area contributed by atoms with Gasteiger partial charge in [0.15, 0.2) is 0 Å². The minimum absolute atomic E-state index is 0.245. The molecule has 3 atom stereocenters. The SMILES string of the molecule is COCCOCCOC(=O)c1ccc(C2CCCC(N[C@H](C)c3cccc4ccccc34)C2)cc1. The third-order valence-electron chi connectivity index (χ3n) is 6.96. The third-order valence-corrected chi connectivity index (χ3v) is 6.96. The molecule has 0 bridgehead atoms. The molecule has 0 spiro atoms. The molecule has 186 valence electrons. The van der Waals surface area contributed by atoms with Gasteiger partial charge in [0.05, 0.1) is 25.4 Å². The fourth-order valence-electron chi connectivity index (χ4n) is 5.13. The summed E-state index contributed by atoms with van der Waals surface area (Å²) in [7, 11) is 1.63. The Morgan fingerprint density at radius 2 is 1.71 bits per heavy atom. The molecule has 3 aromatic rings. The first-order chi connectivity index (χ1) is 17.2. The number of hydrogen-bond donors (Lipinski definition) is 1. The minimum atomic E-state index is -0.306. The molecule has 1 saturated carbocycles. The van der Waals surface area contributed by atoms with E-state index >= 15 is 0 Å². The fourth-order valence-corrected chi connectivity index (χ4v) is 5.13. The molecule has 5 nitrogen and oxygen atoms in total. The molecule has 0 aromatic heterocycles. The predicted molar refractivity (Wildman–Crippen MR) is 140 cm³/mol. The number of ether oxygens (including phenoxy) is 3. The van der Waals surface area contributed by atoms with E-state index in [9.17, 15) is 4.79 Å². The van der Waals surface area contributed by atoms with Gasteiger partial charge in [0.2, 0.25) is 0 Å². The highest BCUT2D eigenvalue weighted by Crippen LogP contribution is 2.34. The second-order valence-corrected chi connectivity index (χ2v) is 9.38. The standard InChI is InChI=1S/C30H37NO4/c1-22(28-12-6-8-24-7-3-4-11-29(24)28)31-27-10-5-9-26(21-27)23-13-15-25(16-14-23)30(32)35-20-19-34-18-17-33-2/h3-4,6-8,11-16,22,26-27,31H,5,9-10,17-21H2,1-2H3/t22-,26?,27?/m1/s1. The van der Waals surface area contributed by atoms with Crippen molar-refractivity contribution in [3.05, 3.63) is 83.4 Å². The van der Waals surface area contributed by atoms with Crippen LogP contribution in [-0.4, -0.2) is 45.5 Å². The number of carbonyl (C=O) groups excluding carboxylic acids is 1. The summed E-state index contributed by atoms with van der Waals surface area (Å²) in [5.41, 5.74) is 3.24. The average molecular weight is 476 g/mol. The molecule has 2 unspecified atom stereocenters. The maximum absolute atomic E-state index is 12.3. The van der Waals surface area contributed by atoms with Crippen LogP contribution in [0.4, 0.5) is 0 Å². The summed E-state index contributed by atoms with van der Waals surface area (Å²) in [6.07, 6.45) is 4.70. The molecule has 5 heteroatoms. The van der Waals surface area contributed by atoms with Crippen LogP contribution in [0, 0.1) is 0 Å². The van der Waals surface area contributed by atoms with Crippen LogP contribution in [0.5, 0.6) is 0 Å². The van der Waals surface area contributed by atoms with Crippen molar-refractivity contribution in [1.29, 1.82) is 0 Å². The summed E-state index contributed by atoms with van der Waals surface area (Å²) < 4.78 is 15.6. The Morgan fingerprint density at radius 3 is 2.54 bits per heavy atom. The van der Waals surface area contributed by atoms with Crippen LogP contribution in [0.2, 0.25) is 0 Å². The Hall–Kier alpha value is -2.73. The van der Waals surface area contributed by atoms with E-state index in [2.05, 4.69) is 66.8 Å². The van der Waals surface area contributed by atoms with E-state index in [0.717, 1.165) is 6.42 Å². The van der Waals surface area contributed by atoms with Crippen molar-refractivity contribution in [2.24, 2.45) is 0 Å². The molecule has 1 N–H and O–H groups in total. The number of hydrogen-bond acceptors (Lipinski definition) is 5. The Balaban J connectivity index is 1.30. The Morgan fingerprint density at radius 1 is 0.943 bits per heavy atom. The number of methoxy groups -OCH3 is 1. The Labute approximate surface area is 208 Å². The Kier molecular flexibility index (Phi) is 9.29. The molecule has 0 radical (unpaired) electrons. The molecule has 0 amide bonds. The quantitative estimate of drug-likeness (QED) is 0.271. The van der Waals surface area contributed by atoms with Crippen LogP contribution in [-0.2, 0) is 14.2 Å². The van der Waals surface area contributed by atoms with Crippen LogP contribution < -0.4 is 5.32 Å². The molecule has 0 heterocycles. The zero-order valence-corrected chi connectivity index (χ0v) is 20.9. The number of nitrogens with one attached hydrogen (secondary N) is 1. The number of esters is 1. The van der Waals surface area contributed by atoms with Crippen molar-refractivity contribution in [2.45, 2.75) is 50.6 Å². The summed E-state index contributed by atoms with van der Waals surface area (Å²) in [5.74, 6) is 0.194. The second kappa shape index (κ2) is 12.8. The van der Waals surface area contributed by atoms with Gasteiger partial charge in [-0.1, -0.05) is 61.0 Å². The summed E-state index contributed by atoms with van der Waals surface area (Å²) in [6, 6.07) is 23.9. The lowest BCUT2D eigenvalue weighted by atomic mass is 9.81. The molecule has 3 aromatic carbocycles. The first kappa shape index (κ1) is 25.4. The van der Waals surface area contributed by atoms with Gasteiger partial charge in [-0.05, 0) is 66.1 Å². The maximum atomic E-state index is 12.3. The van der Waals surface area contributed by atoms with E-state index in [-0.39, 0.29) is 12.6 Å². The monoisotopic (exact) mass is 475 g/mol. The normalized spacial score (nSPS) is 18.9. The smallest absolute Gasteiger partial charge is 0.338 e. The van der Waals surface area contributed by atoms with Gasteiger partial charge in [-0.25, -0.2) is 4.79 Å². The minimum Gasteiger partial charge on any atom is -0.460 e. The van der Waals surface area contributed by atoms with Crippen molar-refractivity contribution in [2.75, 3.05) is 33.5 Å². The van der Waals surface area contributed by atoms with Gasteiger partial charge in [-0.15, -0.1) is 0 Å². The topological polar surface area (TPSA) is 56.8 Å². The van der Waals surface area contributed by atoms with Crippen LogP contribution in [0.15, 0.2) is 66.7 Å². The molecule has 0 saturated heterocycles. The van der Waals surface area contributed by atoms with E-state index in [4.69, 9.17) is 14.2 Å².